The molecule has 1 aromatic carbocycles. The van der Waals surface area contributed by atoms with Crippen LogP contribution in [0.5, 0.6) is 0 Å². The molecule has 0 N–H and O–H groups in total. The third kappa shape index (κ3) is 1.31. The molecular weight excluding hydrogens is 276 g/mol. The molecular formula is C10H5BrN2OS. The number of aldehydes is 1. The van der Waals surface area contributed by atoms with E-state index in [1.54, 1.807) is 11.3 Å². The second-order valence-electron chi connectivity index (χ2n) is 3.16. The average Bonchev–Trinajstić information content (AvgIpc) is 2.72. The Kier molecular flexibility index (Phi) is 1.90. The first-order valence-corrected chi connectivity index (χ1v) is 5.91. The van der Waals surface area contributed by atoms with Gasteiger partial charge >= 0.3 is 0 Å². The highest BCUT2D eigenvalue weighted by atomic mass is 79.9. The van der Waals surface area contributed by atoms with Crippen LogP contribution >= 0.6 is 27.3 Å². The number of benzene rings is 1. The van der Waals surface area contributed by atoms with Crippen molar-refractivity contribution in [3.05, 3.63) is 34.6 Å². The van der Waals surface area contributed by atoms with Crippen LogP contribution in [0.3, 0.4) is 0 Å². The van der Waals surface area contributed by atoms with Crippen molar-refractivity contribution in [3.8, 4) is 0 Å². The first kappa shape index (κ1) is 9.06. The number of rotatable bonds is 1. The summed E-state index contributed by atoms with van der Waals surface area (Å²) >= 11 is 4.91. The van der Waals surface area contributed by atoms with Gasteiger partial charge in [0.05, 0.1) is 10.2 Å². The number of hydrogen-bond donors (Lipinski definition) is 0. The minimum Gasteiger partial charge on any atom is -0.298 e. The van der Waals surface area contributed by atoms with Crippen molar-refractivity contribution >= 4 is 48.7 Å². The lowest BCUT2D eigenvalue weighted by molar-refractivity contribution is 0.112. The Morgan fingerprint density at radius 2 is 2.33 bits per heavy atom. The summed E-state index contributed by atoms with van der Waals surface area (Å²) in [5.41, 5.74) is 1.78. The zero-order chi connectivity index (χ0) is 10.4. The fraction of sp³-hybridized carbons (Fsp3) is 0. The summed E-state index contributed by atoms with van der Waals surface area (Å²) in [6.07, 6.45) is 2.78. The van der Waals surface area contributed by atoms with Crippen molar-refractivity contribution < 1.29 is 4.79 Å². The lowest BCUT2D eigenvalue weighted by Gasteiger charge is -1.91. The number of thiazole rings is 1. The fourth-order valence-electron chi connectivity index (χ4n) is 1.56. The molecule has 3 nitrogen and oxygen atoms in total. The SMILES string of the molecule is O=Cc1ccc2c(c1)sc1nc(Br)cn12. The summed E-state index contributed by atoms with van der Waals surface area (Å²) < 4.78 is 3.92. The van der Waals surface area contributed by atoms with Crippen LogP contribution in [0.25, 0.3) is 15.2 Å². The second kappa shape index (κ2) is 3.15. The van der Waals surface area contributed by atoms with Gasteiger partial charge in [-0.25, -0.2) is 4.98 Å². The van der Waals surface area contributed by atoms with E-state index in [4.69, 9.17) is 0 Å². The highest BCUT2D eigenvalue weighted by Gasteiger charge is 2.07. The van der Waals surface area contributed by atoms with Crippen molar-refractivity contribution in [1.82, 2.24) is 9.38 Å². The Hall–Kier alpha value is -1.20. The van der Waals surface area contributed by atoms with Crippen molar-refractivity contribution in [2.75, 3.05) is 0 Å². The lowest BCUT2D eigenvalue weighted by atomic mass is 10.2. The predicted molar refractivity (Wildman–Crippen MR) is 63.7 cm³/mol. The van der Waals surface area contributed by atoms with Gasteiger partial charge in [-0.05, 0) is 34.1 Å². The molecule has 5 heteroatoms. The maximum absolute atomic E-state index is 10.6. The van der Waals surface area contributed by atoms with Crippen LogP contribution in [0.15, 0.2) is 29.0 Å². The molecule has 15 heavy (non-hydrogen) atoms. The van der Waals surface area contributed by atoms with Gasteiger partial charge in [0, 0.05) is 11.8 Å². The van der Waals surface area contributed by atoms with Crippen LogP contribution < -0.4 is 0 Å². The minimum absolute atomic E-state index is 0.700. The van der Waals surface area contributed by atoms with Crippen LogP contribution in [0.2, 0.25) is 0 Å². The predicted octanol–water partition coefficient (Wildman–Crippen LogP) is 3.12. The summed E-state index contributed by atoms with van der Waals surface area (Å²) in [5.74, 6) is 0. The van der Waals surface area contributed by atoms with E-state index >= 15 is 0 Å². The molecule has 0 aliphatic carbocycles. The first-order valence-electron chi connectivity index (χ1n) is 4.30. The normalized spacial score (nSPS) is 11.3. The molecule has 0 fully saturated rings. The second-order valence-corrected chi connectivity index (χ2v) is 4.98. The van der Waals surface area contributed by atoms with Crippen LogP contribution in [0.1, 0.15) is 10.4 Å². The molecule has 0 spiro atoms. The number of nitrogens with zero attached hydrogens (tertiary/aromatic N) is 2. The highest BCUT2D eigenvalue weighted by Crippen LogP contribution is 2.28. The van der Waals surface area contributed by atoms with Gasteiger partial charge in [-0.1, -0.05) is 11.3 Å². The molecule has 74 valence electrons. The molecule has 0 amide bonds. The quantitative estimate of drug-likeness (QED) is 0.642. The Morgan fingerprint density at radius 1 is 1.47 bits per heavy atom. The maximum atomic E-state index is 10.6. The van der Waals surface area contributed by atoms with E-state index in [2.05, 4.69) is 20.9 Å². The van der Waals surface area contributed by atoms with Crippen molar-refractivity contribution in [2.45, 2.75) is 0 Å². The summed E-state index contributed by atoms with van der Waals surface area (Å²) in [4.78, 5) is 15.9. The highest BCUT2D eigenvalue weighted by molar-refractivity contribution is 9.10. The van der Waals surface area contributed by atoms with Gasteiger partial charge < -0.3 is 0 Å². The number of aromatic nitrogens is 2. The number of imidazole rings is 1. The molecule has 0 radical (unpaired) electrons. The molecule has 2 aromatic heterocycles. The summed E-state index contributed by atoms with van der Waals surface area (Å²) in [5, 5.41) is 0. The number of halogens is 1. The zero-order valence-electron chi connectivity index (χ0n) is 7.48. The van der Waals surface area contributed by atoms with E-state index in [0.717, 1.165) is 26.1 Å². The van der Waals surface area contributed by atoms with E-state index < -0.39 is 0 Å². The molecule has 0 aliphatic rings. The van der Waals surface area contributed by atoms with Gasteiger partial charge in [0.15, 0.2) is 4.96 Å². The third-order valence-electron chi connectivity index (χ3n) is 2.22. The van der Waals surface area contributed by atoms with Crippen molar-refractivity contribution in [3.63, 3.8) is 0 Å². The van der Waals surface area contributed by atoms with Gasteiger partial charge in [-0.3, -0.25) is 9.20 Å². The van der Waals surface area contributed by atoms with E-state index in [-0.39, 0.29) is 0 Å². The van der Waals surface area contributed by atoms with Crippen molar-refractivity contribution in [1.29, 1.82) is 0 Å². The maximum Gasteiger partial charge on any atom is 0.195 e. The molecule has 0 aliphatic heterocycles. The molecule has 0 atom stereocenters. The first-order chi connectivity index (χ1) is 7.28. The molecule has 2 heterocycles. The van der Waals surface area contributed by atoms with Crippen LogP contribution in [0, 0.1) is 0 Å². The molecule has 0 unspecified atom stereocenters. The van der Waals surface area contributed by atoms with Crippen LogP contribution in [-0.2, 0) is 0 Å². The fourth-order valence-corrected chi connectivity index (χ4v) is 3.11. The summed E-state index contributed by atoms with van der Waals surface area (Å²) in [6.45, 7) is 0. The Balaban J connectivity index is 2.44. The van der Waals surface area contributed by atoms with E-state index in [9.17, 15) is 4.79 Å². The van der Waals surface area contributed by atoms with Crippen LogP contribution in [0.4, 0.5) is 0 Å². The summed E-state index contributed by atoms with van der Waals surface area (Å²) in [7, 11) is 0. The van der Waals surface area contributed by atoms with Gasteiger partial charge in [-0.2, -0.15) is 0 Å². The van der Waals surface area contributed by atoms with Gasteiger partial charge in [0.25, 0.3) is 0 Å². The monoisotopic (exact) mass is 280 g/mol. The van der Waals surface area contributed by atoms with E-state index in [0.29, 0.717) is 5.56 Å². The number of hydrogen-bond acceptors (Lipinski definition) is 3. The average molecular weight is 281 g/mol. The largest absolute Gasteiger partial charge is 0.298 e. The van der Waals surface area contributed by atoms with E-state index in [1.165, 1.54) is 0 Å². The standard InChI is InChI=1S/C10H5BrN2OS/c11-9-4-13-7-2-1-6(5-14)3-8(7)15-10(13)12-9/h1-5H. The topological polar surface area (TPSA) is 34.4 Å². The van der Waals surface area contributed by atoms with Gasteiger partial charge in [-0.15, -0.1) is 0 Å². The molecule has 3 aromatic rings. The van der Waals surface area contributed by atoms with Crippen LogP contribution in [-0.4, -0.2) is 15.7 Å². The number of fused-ring (bicyclic) bond motifs is 3. The summed E-state index contributed by atoms with van der Waals surface area (Å²) in [6, 6.07) is 5.64. The third-order valence-corrected chi connectivity index (χ3v) is 3.62. The Morgan fingerprint density at radius 3 is 3.13 bits per heavy atom. The lowest BCUT2D eigenvalue weighted by Crippen LogP contribution is -1.80. The molecule has 3 rings (SSSR count). The number of carbonyl (C=O) groups excluding carboxylic acids is 1. The number of carbonyl (C=O) groups is 1. The Labute approximate surface area is 97.5 Å². The molecule has 0 saturated carbocycles. The van der Waals surface area contributed by atoms with Gasteiger partial charge in [0.1, 0.15) is 10.9 Å². The van der Waals surface area contributed by atoms with E-state index in [1.807, 2.05) is 28.8 Å². The van der Waals surface area contributed by atoms with Gasteiger partial charge in [0.2, 0.25) is 0 Å². The smallest absolute Gasteiger partial charge is 0.195 e. The molecule has 0 saturated heterocycles. The molecule has 0 bridgehead atoms. The van der Waals surface area contributed by atoms with Crippen molar-refractivity contribution in [2.24, 2.45) is 0 Å². The Bertz CT molecular complexity index is 670. The zero-order valence-corrected chi connectivity index (χ0v) is 9.88. The minimum atomic E-state index is 0.700.